The molecule has 0 saturated heterocycles. The highest BCUT2D eigenvalue weighted by atomic mass is 32.2. The summed E-state index contributed by atoms with van der Waals surface area (Å²) in [4.78, 5) is 19.8. The van der Waals surface area contributed by atoms with E-state index in [2.05, 4.69) is 15.3 Å². The van der Waals surface area contributed by atoms with E-state index in [1.54, 1.807) is 25.1 Å². The van der Waals surface area contributed by atoms with Crippen molar-refractivity contribution in [1.29, 1.82) is 0 Å². The Labute approximate surface area is 175 Å². The van der Waals surface area contributed by atoms with Crippen molar-refractivity contribution in [3.05, 3.63) is 30.0 Å². The third-order valence-corrected chi connectivity index (χ3v) is 4.90. The quantitative estimate of drug-likeness (QED) is 0.494. The molecule has 0 bridgehead atoms. The van der Waals surface area contributed by atoms with Gasteiger partial charge in [-0.05, 0) is 31.2 Å². The van der Waals surface area contributed by atoms with Crippen LogP contribution in [0.25, 0.3) is 11.3 Å². The number of nitrogens with zero attached hydrogens (tertiary/aromatic N) is 2. The number of rotatable bonds is 8. The maximum absolute atomic E-state index is 13.3. The molecule has 1 amide bonds. The van der Waals surface area contributed by atoms with Gasteiger partial charge < -0.3 is 19.5 Å². The van der Waals surface area contributed by atoms with Gasteiger partial charge in [0.05, 0.1) is 12.3 Å². The zero-order chi connectivity index (χ0) is 21.7. The van der Waals surface area contributed by atoms with Crippen molar-refractivity contribution < 1.29 is 32.2 Å². The fraction of sp³-hybridized carbons (Fsp3) is 0.421. The number of thioether (sulfide) groups is 1. The predicted octanol–water partition coefficient (Wildman–Crippen LogP) is 3.52. The fourth-order valence-electron chi connectivity index (χ4n) is 2.71. The van der Waals surface area contributed by atoms with Crippen LogP contribution in [0.5, 0.6) is 11.5 Å². The largest absolute Gasteiger partial charge is 0.454 e. The van der Waals surface area contributed by atoms with Gasteiger partial charge in [-0.25, -0.2) is 9.97 Å². The van der Waals surface area contributed by atoms with Gasteiger partial charge in [-0.2, -0.15) is 13.2 Å². The first-order valence-electron chi connectivity index (χ1n) is 9.03. The summed E-state index contributed by atoms with van der Waals surface area (Å²) in [6, 6.07) is 5.53. The Balaban J connectivity index is 1.74. The summed E-state index contributed by atoms with van der Waals surface area (Å²) in [6.45, 7) is 2.22. The second kappa shape index (κ2) is 9.52. The number of fused-ring (bicyclic) bond motifs is 1. The van der Waals surface area contributed by atoms with Gasteiger partial charge in [-0.15, -0.1) is 0 Å². The standard InChI is InChI=1S/C19H20F3N3O4S/c1-11(9-27-2)23-17(26)5-6-30-18-24-13(8-16(25-18)19(20,21)22)12-3-4-14-15(7-12)29-10-28-14/h3-4,7-8,11H,5-6,9-10H2,1-2H3,(H,23,26)/t11-/m1/s1. The molecule has 2 aromatic rings. The number of alkyl halides is 3. The average Bonchev–Trinajstić information content (AvgIpc) is 3.15. The lowest BCUT2D eigenvalue weighted by Crippen LogP contribution is -2.35. The van der Waals surface area contributed by atoms with E-state index in [9.17, 15) is 18.0 Å². The summed E-state index contributed by atoms with van der Waals surface area (Å²) in [7, 11) is 1.53. The summed E-state index contributed by atoms with van der Waals surface area (Å²) in [6.07, 6.45) is -4.52. The minimum Gasteiger partial charge on any atom is -0.454 e. The van der Waals surface area contributed by atoms with Crippen LogP contribution in [0.15, 0.2) is 29.4 Å². The van der Waals surface area contributed by atoms with Gasteiger partial charge >= 0.3 is 6.18 Å². The molecule has 0 radical (unpaired) electrons. The Kier molecular flexibility index (Phi) is 7.03. The topological polar surface area (TPSA) is 82.6 Å². The summed E-state index contributed by atoms with van der Waals surface area (Å²) in [5, 5.41) is 2.68. The first kappa shape index (κ1) is 22.2. The van der Waals surface area contributed by atoms with Crippen molar-refractivity contribution in [3.8, 4) is 22.8 Å². The highest BCUT2D eigenvalue weighted by molar-refractivity contribution is 7.99. The van der Waals surface area contributed by atoms with Gasteiger partial charge in [0, 0.05) is 30.9 Å². The summed E-state index contributed by atoms with van der Waals surface area (Å²) >= 11 is 0.984. The van der Waals surface area contributed by atoms with E-state index >= 15 is 0 Å². The van der Waals surface area contributed by atoms with Gasteiger partial charge in [-0.3, -0.25) is 4.79 Å². The van der Waals surface area contributed by atoms with Gasteiger partial charge in [0.25, 0.3) is 0 Å². The number of benzene rings is 1. The number of halogens is 3. The molecule has 3 rings (SSSR count). The monoisotopic (exact) mass is 443 g/mol. The number of hydrogen-bond acceptors (Lipinski definition) is 7. The lowest BCUT2D eigenvalue weighted by molar-refractivity contribution is -0.141. The van der Waals surface area contributed by atoms with Crippen molar-refractivity contribution in [2.24, 2.45) is 0 Å². The molecule has 1 atom stereocenters. The van der Waals surface area contributed by atoms with E-state index in [0.717, 1.165) is 17.8 Å². The fourth-order valence-corrected chi connectivity index (χ4v) is 3.51. The van der Waals surface area contributed by atoms with Crippen LogP contribution in [-0.4, -0.2) is 48.2 Å². The Bertz CT molecular complexity index is 911. The van der Waals surface area contributed by atoms with Crippen molar-refractivity contribution in [2.45, 2.75) is 30.7 Å². The van der Waals surface area contributed by atoms with E-state index in [-0.39, 0.29) is 41.8 Å². The number of carbonyl (C=O) groups is 1. The van der Waals surface area contributed by atoms with Crippen LogP contribution in [0.1, 0.15) is 19.0 Å². The maximum Gasteiger partial charge on any atom is 0.433 e. The molecule has 1 aromatic carbocycles. The van der Waals surface area contributed by atoms with Gasteiger partial charge in [0.2, 0.25) is 12.7 Å². The molecule has 162 valence electrons. The molecule has 0 aliphatic carbocycles. The smallest absolute Gasteiger partial charge is 0.433 e. The molecule has 1 N–H and O–H groups in total. The van der Waals surface area contributed by atoms with Crippen LogP contribution >= 0.6 is 11.8 Å². The van der Waals surface area contributed by atoms with Crippen molar-refractivity contribution in [2.75, 3.05) is 26.3 Å². The molecule has 7 nitrogen and oxygen atoms in total. The Hall–Kier alpha value is -2.53. The highest BCUT2D eigenvalue weighted by Crippen LogP contribution is 2.37. The maximum atomic E-state index is 13.3. The molecular weight excluding hydrogens is 423 g/mol. The van der Waals surface area contributed by atoms with E-state index < -0.39 is 11.9 Å². The number of aromatic nitrogens is 2. The number of nitrogens with one attached hydrogen (secondary N) is 1. The minimum absolute atomic E-state index is 0.0581. The molecule has 0 spiro atoms. The van der Waals surface area contributed by atoms with Gasteiger partial charge in [-0.1, -0.05) is 11.8 Å². The Morgan fingerprint density at radius 3 is 2.77 bits per heavy atom. The van der Waals surface area contributed by atoms with Crippen LogP contribution in [0.3, 0.4) is 0 Å². The molecule has 0 fully saturated rings. The molecule has 1 aliphatic rings. The summed E-state index contributed by atoms with van der Waals surface area (Å²) < 4.78 is 55.4. The SMILES string of the molecule is COC[C@@H](C)NC(=O)CCSc1nc(-c2ccc3c(c2)OCO3)cc(C(F)(F)F)n1. The number of hydrogen-bond donors (Lipinski definition) is 1. The van der Waals surface area contributed by atoms with Gasteiger partial charge in [0.15, 0.2) is 16.7 Å². The van der Waals surface area contributed by atoms with Crippen LogP contribution in [-0.2, 0) is 15.7 Å². The predicted molar refractivity (Wildman–Crippen MR) is 103 cm³/mol. The molecule has 0 unspecified atom stereocenters. The third-order valence-electron chi connectivity index (χ3n) is 4.05. The first-order chi connectivity index (χ1) is 14.3. The van der Waals surface area contributed by atoms with Crippen LogP contribution in [0, 0.1) is 0 Å². The lowest BCUT2D eigenvalue weighted by atomic mass is 10.1. The Morgan fingerprint density at radius 2 is 2.03 bits per heavy atom. The molecule has 11 heteroatoms. The second-order valence-corrected chi connectivity index (χ2v) is 7.57. The van der Waals surface area contributed by atoms with Crippen LogP contribution in [0.2, 0.25) is 0 Å². The normalized spacial score (nSPS) is 13.9. The zero-order valence-electron chi connectivity index (χ0n) is 16.3. The van der Waals surface area contributed by atoms with Crippen LogP contribution in [0.4, 0.5) is 13.2 Å². The number of methoxy groups -OCH3 is 1. The molecule has 1 aliphatic heterocycles. The number of amides is 1. The molecule has 30 heavy (non-hydrogen) atoms. The van der Waals surface area contributed by atoms with Crippen LogP contribution < -0.4 is 14.8 Å². The summed E-state index contributed by atoms with van der Waals surface area (Å²) in [5.41, 5.74) is -0.498. The molecule has 2 heterocycles. The highest BCUT2D eigenvalue weighted by Gasteiger charge is 2.34. The second-order valence-electron chi connectivity index (χ2n) is 6.51. The first-order valence-corrected chi connectivity index (χ1v) is 10.0. The van der Waals surface area contributed by atoms with Crippen molar-refractivity contribution in [3.63, 3.8) is 0 Å². The average molecular weight is 443 g/mol. The third kappa shape index (κ3) is 5.76. The van der Waals surface area contributed by atoms with Crippen molar-refractivity contribution in [1.82, 2.24) is 15.3 Å². The zero-order valence-corrected chi connectivity index (χ0v) is 17.1. The van der Waals surface area contributed by atoms with Gasteiger partial charge in [0.1, 0.15) is 5.69 Å². The van der Waals surface area contributed by atoms with E-state index in [4.69, 9.17) is 14.2 Å². The molecular formula is C19H20F3N3O4S. The Morgan fingerprint density at radius 1 is 1.27 bits per heavy atom. The van der Waals surface area contributed by atoms with Crippen molar-refractivity contribution >= 4 is 17.7 Å². The molecule has 0 saturated carbocycles. The minimum atomic E-state index is -4.63. The van der Waals surface area contributed by atoms with E-state index in [1.807, 2.05) is 0 Å². The lowest BCUT2D eigenvalue weighted by Gasteiger charge is -2.13. The number of ether oxygens (including phenoxy) is 3. The van der Waals surface area contributed by atoms with E-state index in [1.165, 1.54) is 7.11 Å². The number of carbonyl (C=O) groups excluding carboxylic acids is 1. The van der Waals surface area contributed by atoms with E-state index in [0.29, 0.717) is 23.7 Å². The molecule has 1 aromatic heterocycles. The summed E-state index contributed by atoms with van der Waals surface area (Å²) in [5.74, 6) is 0.964.